The molecule has 1 aromatic rings. The normalized spacial score (nSPS) is 11.8. The molecule has 0 saturated heterocycles. The topological polar surface area (TPSA) is 47.0 Å². The van der Waals surface area contributed by atoms with Gasteiger partial charge in [0.05, 0.1) is 0 Å². The highest BCUT2D eigenvalue weighted by Gasteiger charge is 2.03. The minimum Gasteiger partial charge on any atom is -0.344 e. The molecule has 0 spiro atoms. The molecule has 2 heteroatoms. The van der Waals surface area contributed by atoms with Crippen molar-refractivity contribution in [3.05, 3.63) is 35.9 Å². The second-order valence-corrected chi connectivity index (χ2v) is 2.66. The van der Waals surface area contributed by atoms with Crippen LogP contribution in [0.25, 0.3) is 0 Å². The molecule has 0 fully saturated rings. The first-order valence-electron chi connectivity index (χ1n) is 4.10. The van der Waals surface area contributed by atoms with Crippen LogP contribution in [0.15, 0.2) is 30.3 Å². The van der Waals surface area contributed by atoms with Crippen LogP contribution in [0, 0.1) is 0 Å². The molecule has 12 heavy (non-hydrogen) atoms. The first-order chi connectivity index (χ1) is 5.38. The van der Waals surface area contributed by atoms with E-state index in [1.54, 1.807) is 0 Å². The molecule has 0 saturated carbocycles. The summed E-state index contributed by atoms with van der Waals surface area (Å²) in [5.74, 6) is 0. The zero-order valence-electron chi connectivity index (χ0n) is 7.88. The summed E-state index contributed by atoms with van der Waals surface area (Å²) in [6, 6.07) is 11.0. The second kappa shape index (κ2) is 5.75. The Morgan fingerprint density at radius 3 is 2.25 bits per heavy atom. The number of hydrogen-bond donors (Lipinski definition) is 2. The van der Waals surface area contributed by atoms with Gasteiger partial charge in [-0.05, 0) is 19.0 Å². The van der Waals surface area contributed by atoms with Crippen LogP contribution < -0.4 is 11.5 Å². The van der Waals surface area contributed by atoms with E-state index in [2.05, 4.69) is 36.5 Å². The van der Waals surface area contributed by atoms with Crippen molar-refractivity contribution in [2.24, 2.45) is 0 Å². The summed E-state index contributed by atoms with van der Waals surface area (Å²) in [6.45, 7) is 2.19. The fourth-order valence-corrected chi connectivity index (χ4v) is 1.29. The van der Waals surface area contributed by atoms with Gasteiger partial charge in [-0.1, -0.05) is 37.3 Å². The van der Waals surface area contributed by atoms with E-state index in [-0.39, 0.29) is 6.15 Å². The fourth-order valence-electron chi connectivity index (χ4n) is 1.29. The average Bonchev–Trinajstić information content (AvgIpc) is 2.09. The maximum Gasteiger partial charge on any atom is 0.0314 e. The number of hydrogen-bond acceptors (Lipinski definition) is 2. The molecule has 0 aliphatic rings. The maximum absolute atomic E-state index is 3.27. The Morgan fingerprint density at radius 1 is 1.25 bits per heavy atom. The van der Waals surface area contributed by atoms with Gasteiger partial charge in [-0.3, -0.25) is 0 Å². The van der Waals surface area contributed by atoms with Gasteiger partial charge in [-0.25, -0.2) is 0 Å². The SMILES string of the molecule is CCC(NC)c1ccccc1.N. The average molecular weight is 166 g/mol. The summed E-state index contributed by atoms with van der Waals surface area (Å²) in [5.41, 5.74) is 1.37. The lowest BCUT2D eigenvalue weighted by Crippen LogP contribution is -2.14. The number of benzene rings is 1. The molecule has 0 aliphatic carbocycles. The van der Waals surface area contributed by atoms with E-state index in [4.69, 9.17) is 0 Å². The molecule has 0 amide bonds. The van der Waals surface area contributed by atoms with Gasteiger partial charge in [0.25, 0.3) is 0 Å². The third-order valence-electron chi connectivity index (χ3n) is 1.96. The van der Waals surface area contributed by atoms with Crippen LogP contribution in [-0.2, 0) is 0 Å². The Labute approximate surface area is 74.6 Å². The van der Waals surface area contributed by atoms with Gasteiger partial charge in [0.2, 0.25) is 0 Å². The van der Waals surface area contributed by atoms with E-state index in [0.717, 1.165) is 6.42 Å². The van der Waals surface area contributed by atoms with Crippen LogP contribution in [0.1, 0.15) is 24.9 Å². The highest BCUT2D eigenvalue weighted by atomic mass is 14.9. The molecule has 1 unspecified atom stereocenters. The molecule has 68 valence electrons. The lowest BCUT2D eigenvalue weighted by Gasteiger charge is -2.13. The minimum absolute atomic E-state index is 0. The Balaban J connectivity index is 0.00000121. The highest BCUT2D eigenvalue weighted by molar-refractivity contribution is 5.18. The molecule has 0 aromatic heterocycles. The summed E-state index contributed by atoms with van der Waals surface area (Å²) >= 11 is 0. The predicted molar refractivity (Wildman–Crippen MR) is 53.6 cm³/mol. The molecule has 1 atom stereocenters. The molecule has 2 nitrogen and oxygen atoms in total. The highest BCUT2D eigenvalue weighted by Crippen LogP contribution is 2.14. The Bertz CT molecular complexity index is 192. The van der Waals surface area contributed by atoms with Crippen molar-refractivity contribution in [1.29, 1.82) is 0 Å². The lowest BCUT2D eigenvalue weighted by atomic mass is 10.1. The van der Waals surface area contributed by atoms with Gasteiger partial charge in [-0.15, -0.1) is 0 Å². The predicted octanol–water partition coefficient (Wildman–Crippen LogP) is 2.52. The molecule has 0 heterocycles. The molecular formula is C10H18N2. The smallest absolute Gasteiger partial charge is 0.0314 e. The fraction of sp³-hybridized carbons (Fsp3) is 0.400. The Hall–Kier alpha value is -0.860. The van der Waals surface area contributed by atoms with E-state index in [0.29, 0.717) is 6.04 Å². The monoisotopic (exact) mass is 166 g/mol. The molecular weight excluding hydrogens is 148 g/mol. The van der Waals surface area contributed by atoms with Crippen molar-refractivity contribution in [1.82, 2.24) is 11.5 Å². The van der Waals surface area contributed by atoms with Gasteiger partial charge in [0, 0.05) is 6.04 Å². The van der Waals surface area contributed by atoms with E-state index >= 15 is 0 Å². The van der Waals surface area contributed by atoms with Crippen molar-refractivity contribution in [3.63, 3.8) is 0 Å². The first kappa shape index (κ1) is 11.1. The largest absolute Gasteiger partial charge is 0.344 e. The van der Waals surface area contributed by atoms with Gasteiger partial charge in [0.1, 0.15) is 0 Å². The summed E-state index contributed by atoms with van der Waals surface area (Å²) < 4.78 is 0. The van der Waals surface area contributed by atoms with Gasteiger partial charge in [-0.2, -0.15) is 0 Å². The maximum atomic E-state index is 3.27. The van der Waals surface area contributed by atoms with Crippen LogP contribution in [0.2, 0.25) is 0 Å². The lowest BCUT2D eigenvalue weighted by molar-refractivity contribution is 0.577. The molecule has 0 aliphatic heterocycles. The number of nitrogens with one attached hydrogen (secondary N) is 1. The number of rotatable bonds is 3. The third-order valence-corrected chi connectivity index (χ3v) is 1.96. The molecule has 0 radical (unpaired) electrons. The van der Waals surface area contributed by atoms with Gasteiger partial charge in [0.15, 0.2) is 0 Å². The molecule has 1 rings (SSSR count). The van der Waals surface area contributed by atoms with E-state index in [9.17, 15) is 0 Å². The zero-order chi connectivity index (χ0) is 8.10. The van der Waals surface area contributed by atoms with Crippen LogP contribution in [0.3, 0.4) is 0 Å². The summed E-state index contributed by atoms with van der Waals surface area (Å²) in [4.78, 5) is 0. The Morgan fingerprint density at radius 2 is 1.83 bits per heavy atom. The van der Waals surface area contributed by atoms with Crippen LogP contribution in [0.5, 0.6) is 0 Å². The summed E-state index contributed by atoms with van der Waals surface area (Å²) in [6.07, 6.45) is 1.14. The van der Waals surface area contributed by atoms with E-state index in [1.165, 1.54) is 5.56 Å². The van der Waals surface area contributed by atoms with E-state index < -0.39 is 0 Å². The van der Waals surface area contributed by atoms with Crippen LogP contribution >= 0.6 is 0 Å². The van der Waals surface area contributed by atoms with Crippen molar-refractivity contribution in [2.75, 3.05) is 7.05 Å². The molecule has 0 bridgehead atoms. The Kier molecular flexibility index (Phi) is 5.34. The molecule has 1 aromatic carbocycles. The van der Waals surface area contributed by atoms with Crippen LogP contribution in [0.4, 0.5) is 0 Å². The molecule has 4 N–H and O–H groups in total. The van der Waals surface area contributed by atoms with Crippen molar-refractivity contribution in [2.45, 2.75) is 19.4 Å². The standard InChI is InChI=1S/C10H15N.H3N/c1-3-10(11-2)9-7-5-4-6-8-9;/h4-8,10-11H,3H2,1-2H3;1H3. The quantitative estimate of drug-likeness (QED) is 0.724. The summed E-state index contributed by atoms with van der Waals surface area (Å²) in [5, 5.41) is 3.27. The van der Waals surface area contributed by atoms with E-state index in [1.807, 2.05) is 13.1 Å². The first-order valence-corrected chi connectivity index (χ1v) is 4.10. The van der Waals surface area contributed by atoms with Crippen molar-refractivity contribution >= 4 is 0 Å². The second-order valence-electron chi connectivity index (χ2n) is 2.66. The zero-order valence-corrected chi connectivity index (χ0v) is 7.88. The van der Waals surface area contributed by atoms with Gasteiger partial charge >= 0.3 is 0 Å². The minimum atomic E-state index is 0. The van der Waals surface area contributed by atoms with Crippen LogP contribution in [-0.4, -0.2) is 7.05 Å². The summed E-state index contributed by atoms with van der Waals surface area (Å²) in [7, 11) is 2.00. The van der Waals surface area contributed by atoms with Crippen molar-refractivity contribution in [3.8, 4) is 0 Å². The third kappa shape index (κ3) is 2.64. The van der Waals surface area contributed by atoms with Gasteiger partial charge < -0.3 is 11.5 Å². The van der Waals surface area contributed by atoms with Crippen molar-refractivity contribution < 1.29 is 0 Å².